The molecule has 0 amide bonds. The summed E-state index contributed by atoms with van der Waals surface area (Å²) in [5.74, 6) is 1.54. The van der Waals surface area contributed by atoms with Gasteiger partial charge < -0.3 is 9.64 Å². The highest BCUT2D eigenvalue weighted by atomic mass is 35.5. The highest BCUT2D eigenvalue weighted by molar-refractivity contribution is 6.21. The van der Waals surface area contributed by atoms with Gasteiger partial charge in [0.25, 0.3) is 0 Å². The molecule has 0 saturated carbocycles. The van der Waals surface area contributed by atoms with Crippen LogP contribution >= 0.6 is 11.6 Å². The van der Waals surface area contributed by atoms with E-state index in [4.69, 9.17) is 16.3 Å². The van der Waals surface area contributed by atoms with Crippen LogP contribution in [0.4, 0.5) is 5.82 Å². The van der Waals surface area contributed by atoms with Gasteiger partial charge in [-0.15, -0.1) is 11.6 Å². The fourth-order valence-electron chi connectivity index (χ4n) is 1.86. The number of piperidine rings is 1. The van der Waals surface area contributed by atoms with Gasteiger partial charge in [0.2, 0.25) is 5.88 Å². The molecule has 1 unspecified atom stereocenters. The largest absolute Gasteiger partial charge is 0.478 e. The number of ether oxygens (including phenoxy) is 1. The Hall–Kier alpha value is -1.03. The lowest BCUT2D eigenvalue weighted by atomic mass is 10.1. The molecule has 0 spiro atoms. The Morgan fingerprint density at radius 3 is 3.19 bits per heavy atom. The maximum atomic E-state index is 6.15. The van der Waals surface area contributed by atoms with Crippen molar-refractivity contribution in [2.45, 2.75) is 25.1 Å². The minimum absolute atomic E-state index is 0.222. The maximum Gasteiger partial charge on any atom is 0.218 e. The monoisotopic (exact) mass is 241 g/mol. The topological polar surface area (TPSA) is 38.2 Å². The smallest absolute Gasteiger partial charge is 0.218 e. The molecule has 0 aromatic carbocycles. The van der Waals surface area contributed by atoms with Crippen LogP contribution in [0.15, 0.2) is 12.4 Å². The van der Waals surface area contributed by atoms with Crippen LogP contribution in [0.3, 0.4) is 0 Å². The summed E-state index contributed by atoms with van der Waals surface area (Å²) in [6.45, 7) is 4.42. The van der Waals surface area contributed by atoms with Gasteiger partial charge in [0, 0.05) is 19.2 Å². The molecule has 1 saturated heterocycles. The zero-order valence-corrected chi connectivity index (χ0v) is 10.2. The summed E-state index contributed by atoms with van der Waals surface area (Å²) >= 11 is 6.15. The number of hydrogen-bond acceptors (Lipinski definition) is 4. The minimum Gasteiger partial charge on any atom is -0.478 e. The Labute approximate surface area is 101 Å². The van der Waals surface area contributed by atoms with Crippen LogP contribution in [0.1, 0.15) is 19.8 Å². The molecule has 0 bridgehead atoms. The average molecular weight is 242 g/mol. The lowest BCUT2D eigenvalue weighted by Gasteiger charge is -2.30. The van der Waals surface area contributed by atoms with Crippen molar-refractivity contribution in [3.8, 4) is 5.88 Å². The number of rotatable bonds is 3. The summed E-state index contributed by atoms with van der Waals surface area (Å²) < 4.78 is 5.35. The van der Waals surface area contributed by atoms with Crippen molar-refractivity contribution in [2.24, 2.45) is 0 Å². The molecule has 0 N–H and O–H groups in total. The average Bonchev–Trinajstić information content (AvgIpc) is 2.30. The molecule has 2 rings (SSSR count). The fourth-order valence-corrected chi connectivity index (χ4v) is 2.18. The molecule has 16 heavy (non-hydrogen) atoms. The second-order valence-electron chi connectivity index (χ2n) is 3.83. The molecule has 1 atom stereocenters. The van der Waals surface area contributed by atoms with Crippen LogP contribution in [-0.4, -0.2) is 35.0 Å². The molecule has 88 valence electrons. The van der Waals surface area contributed by atoms with Gasteiger partial charge in [-0.1, -0.05) is 0 Å². The third-order valence-corrected chi connectivity index (χ3v) is 2.96. The van der Waals surface area contributed by atoms with Gasteiger partial charge >= 0.3 is 0 Å². The zero-order chi connectivity index (χ0) is 11.4. The van der Waals surface area contributed by atoms with Gasteiger partial charge in [0.15, 0.2) is 0 Å². The van der Waals surface area contributed by atoms with Gasteiger partial charge in [0.1, 0.15) is 12.1 Å². The Kier molecular flexibility index (Phi) is 3.83. The fraction of sp³-hybridized carbons (Fsp3) is 0.636. The molecule has 5 heteroatoms. The van der Waals surface area contributed by atoms with E-state index in [-0.39, 0.29) is 5.38 Å². The number of anilines is 1. The number of alkyl halides is 1. The first-order chi connectivity index (χ1) is 7.79. The maximum absolute atomic E-state index is 6.15. The van der Waals surface area contributed by atoms with Gasteiger partial charge in [-0.25, -0.2) is 9.97 Å². The van der Waals surface area contributed by atoms with Gasteiger partial charge in [0.05, 0.1) is 12.0 Å². The SMILES string of the molecule is CCOc1cc(N2CCCC(Cl)C2)ncn1. The number of halogens is 1. The summed E-state index contributed by atoms with van der Waals surface area (Å²) in [6, 6.07) is 1.87. The second kappa shape index (κ2) is 5.34. The normalized spacial score (nSPS) is 20.9. The molecule has 1 aliphatic heterocycles. The van der Waals surface area contributed by atoms with Crippen molar-refractivity contribution >= 4 is 17.4 Å². The summed E-state index contributed by atoms with van der Waals surface area (Å²) in [5.41, 5.74) is 0. The lowest BCUT2D eigenvalue weighted by molar-refractivity contribution is 0.326. The van der Waals surface area contributed by atoms with Crippen LogP contribution in [0.5, 0.6) is 5.88 Å². The first kappa shape index (κ1) is 11.5. The molecule has 1 aromatic heterocycles. The van der Waals surface area contributed by atoms with Crippen molar-refractivity contribution in [1.29, 1.82) is 0 Å². The Morgan fingerprint density at radius 2 is 2.44 bits per heavy atom. The van der Waals surface area contributed by atoms with Gasteiger partial charge in [-0.3, -0.25) is 0 Å². The van der Waals surface area contributed by atoms with Crippen LogP contribution in [-0.2, 0) is 0 Å². The van der Waals surface area contributed by atoms with Crippen molar-refractivity contribution in [2.75, 3.05) is 24.6 Å². The van der Waals surface area contributed by atoms with E-state index in [1.165, 1.54) is 6.33 Å². The van der Waals surface area contributed by atoms with E-state index in [0.717, 1.165) is 31.7 Å². The summed E-state index contributed by atoms with van der Waals surface area (Å²) in [5, 5.41) is 0.222. The highest BCUT2D eigenvalue weighted by Crippen LogP contribution is 2.22. The van der Waals surface area contributed by atoms with E-state index in [0.29, 0.717) is 12.5 Å². The second-order valence-corrected chi connectivity index (χ2v) is 4.45. The van der Waals surface area contributed by atoms with Crippen LogP contribution in [0, 0.1) is 0 Å². The summed E-state index contributed by atoms with van der Waals surface area (Å²) in [7, 11) is 0. The first-order valence-electron chi connectivity index (χ1n) is 5.63. The number of hydrogen-bond donors (Lipinski definition) is 0. The predicted molar refractivity (Wildman–Crippen MR) is 64.3 cm³/mol. The van der Waals surface area contributed by atoms with E-state index in [1.54, 1.807) is 0 Å². The Balaban J connectivity index is 2.09. The highest BCUT2D eigenvalue weighted by Gasteiger charge is 2.19. The van der Waals surface area contributed by atoms with Crippen LogP contribution in [0.2, 0.25) is 0 Å². The molecule has 1 aliphatic rings. The van der Waals surface area contributed by atoms with Crippen LogP contribution in [0.25, 0.3) is 0 Å². The standard InChI is InChI=1S/C11H16ClN3O/c1-2-16-11-6-10(13-8-14-11)15-5-3-4-9(12)7-15/h6,8-9H,2-5,7H2,1H3. The third-order valence-electron chi connectivity index (χ3n) is 2.61. The van der Waals surface area contributed by atoms with Gasteiger partial charge in [-0.05, 0) is 19.8 Å². The molecular weight excluding hydrogens is 226 g/mol. The van der Waals surface area contributed by atoms with E-state index in [2.05, 4.69) is 14.9 Å². The van der Waals surface area contributed by atoms with Gasteiger partial charge in [-0.2, -0.15) is 0 Å². The quantitative estimate of drug-likeness (QED) is 0.760. The molecule has 0 radical (unpaired) electrons. The minimum atomic E-state index is 0.222. The number of aromatic nitrogens is 2. The zero-order valence-electron chi connectivity index (χ0n) is 9.40. The summed E-state index contributed by atoms with van der Waals surface area (Å²) in [6.07, 6.45) is 3.74. The van der Waals surface area contributed by atoms with Crippen molar-refractivity contribution in [3.63, 3.8) is 0 Å². The predicted octanol–water partition coefficient (Wildman–Crippen LogP) is 2.08. The van der Waals surface area contributed by atoms with E-state index in [9.17, 15) is 0 Å². The molecule has 2 heterocycles. The summed E-state index contributed by atoms with van der Waals surface area (Å²) in [4.78, 5) is 10.5. The Morgan fingerprint density at radius 1 is 1.56 bits per heavy atom. The molecule has 1 aromatic rings. The first-order valence-corrected chi connectivity index (χ1v) is 6.07. The van der Waals surface area contributed by atoms with E-state index >= 15 is 0 Å². The van der Waals surface area contributed by atoms with Crippen molar-refractivity contribution in [3.05, 3.63) is 12.4 Å². The van der Waals surface area contributed by atoms with E-state index in [1.807, 2.05) is 13.0 Å². The molecule has 0 aliphatic carbocycles. The van der Waals surface area contributed by atoms with Crippen LogP contribution < -0.4 is 9.64 Å². The number of nitrogens with zero attached hydrogens (tertiary/aromatic N) is 3. The van der Waals surface area contributed by atoms with E-state index < -0.39 is 0 Å². The van der Waals surface area contributed by atoms with Crippen molar-refractivity contribution in [1.82, 2.24) is 9.97 Å². The Bertz CT molecular complexity index is 348. The third kappa shape index (κ3) is 2.76. The molecule has 1 fully saturated rings. The van der Waals surface area contributed by atoms with Crippen molar-refractivity contribution < 1.29 is 4.74 Å². The lowest BCUT2D eigenvalue weighted by Crippen LogP contribution is -2.36. The molecular formula is C11H16ClN3O. The molecule has 4 nitrogen and oxygen atoms in total.